The van der Waals surface area contributed by atoms with Gasteiger partial charge in [-0.2, -0.15) is 0 Å². The number of rotatable bonds is 4. The Hall–Kier alpha value is -1.99. The molecule has 1 aromatic heterocycles. The number of benzene rings is 1. The number of imidazole rings is 1. The zero-order valence-electron chi connectivity index (χ0n) is 12.5. The minimum atomic E-state index is -0.469. The highest BCUT2D eigenvalue weighted by Gasteiger charge is 2.29. The monoisotopic (exact) mass is 306 g/mol. The van der Waals surface area contributed by atoms with E-state index in [0.717, 1.165) is 11.3 Å². The molecule has 6 nitrogen and oxygen atoms in total. The highest BCUT2D eigenvalue weighted by Crippen LogP contribution is 2.21. The number of carbonyl (C=O) groups is 1. The minimum Gasteiger partial charge on any atom is -0.378 e. The lowest BCUT2D eigenvalue weighted by atomic mass is 10.2. The van der Waals surface area contributed by atoms with Gasteiger partial charge in [-0.3, -0.25) is 9.69 Å². The number of hydrogen-bond donors (Lipinski definition) is 1. The number of aromatic nitrogens is 2. The van der Waals surface area contributed by atoms with E-state index < -0.39 is 11.9 Å². The predicted octanol–water partition coefficient (Wildman–Crippen LogP) is 0.881. The third kappa shape index (κ3) is 2.57. The van der Waals surface area contributed by atoms with Crippen LogP contribution in [-0.4, -0.2) is 46.2 Å². The summed E-state index contributed by atoms with van der Waals surface area (Å²) in [6.45, 7) is 4.55. The summed E-state index contributed by atoms with van der Waals surface area (Å²) in [4.78, 5) is 17.9. The van der Waals surface area contributed by atoms with Crippen molar-refractivity contribution >= 4 is 16.9 Å². The normalized spacial score (nSPS) is 19.6. The molecule has 22 heavy (non-hydrogen) atoms. The van der Waals surface area contributed by atoms with Crippen molar-refractivity contribution in [2.45, 2.75) is 26.1 Å². The lowest BCUT2D eigenvalue weighted by Gasteiger charge is -2.33. The highest BCUT2D eigenvalue weighted by atomic mass is 19.1. The van der Waals surface area contributed by atoms with Gasteiger partial charge in [-0.1, -0.05) is 6.07 Å². The molecule has 1 atom stereocenters. The van der Waals surface area contributed by atoms with E-state index >= 15 is 0 Å². The Labute approximate surface area is 127 Å². The number of carbonyl (C=O) groups excluding carboxylic acids is 1. The number of nitrogens with two attached hydrogens (primary N) is 1. The van der Waals surface area contributed by atoms with Crippen molar-refractivity contribution in [3.63, 3.8) is 0 Å². The molecular weight excluding hydrogens is 287 g/mol. The molecule has 1 aliphatic rings. The van der Waals surface area contributed by atoms with Crippen LogP contribution in [0.15, 0.2) is 18.2 Å². The maximum absolute atomic E-state index is 13.9. The molecule has 2 aromatic rings. The molecule has 0 unspecified atom stereocenters. The van der Waals surface area contributed by atoms with Crippen molar-refractivity contribution in [1.82, 2.24) is 14.5 Å². The molecule has 3 rings (SSSR count). The fourth-order valence-corrected chi connectivity index (χ4v) is 2.91. The minimum absolute atomic E-state index is 0.288. The van der Waals surface area contributed by atoms with Gasteiger partial charge in [-0.25, -0.2) is 9.37 Å². The van der Waals surface area contributed by atoms with Crippen LogP contribution in [0, 0.1) is 5.82 Å². The van der Waals surface area contributed by atoms with Crippen LogP contribution < -0.4 is 5.73 Å². The molecule has 7 heteroatoms. The SMILES string of the molecule is CCn1c(CN2CCOC[C@@H]2C(N)=O)nc2c(F)cccc21. The number of hydrogen-bond acceptors (Lipinski definition) is 4. The van der Waals surface area contributed by atoms with E-state index in [9.17, 15) is 9.18 Å². The molecule has 1 saturated heterocycles. The molecule has 1 amide bonds. The first-order valence-electron chi connectivity index (χ1n) is 7.36. The Kier molecular flexibility index (Phi) is 4.08. The summed E-state index contributed by atoms with van der Waals surface area (Å²) in [6, 6.07) is 4.46. The van der Waals surface area contributed by atoms with Crippen molar-refractivity contribution < 1.29 is 13.9 Å². The second kappa shape index (κ2) is 6.02. The molecule has 2 heterocycles. The maximum atomic E-state index is 13.9. The van der Waals surface area contributed by atoms with Crippen LogP contribution >= 0.6 is 0 Å². The van der Waals surface area contributed by atoms with Gasteiger partial charge in [-0.05, 0) is 19.1 Å². The largest absolute Gasteiger partial charge is 0.378 e. The van der Waals surface area contributed by atoms with E-state index in [1.54, 1.807) is 6.07 Å². The van der Waals surface area contributed by atoms with E-state index in [0.29, 0.717) is 31.8 Å². The summed E-state index contributed by atoms with van der Waals surface area (Å²) in [6.07, 6.45) is 0. The van der Waals surface area contributed by atoms with Crippen LogP contribution in [0.5, 0.6) is 0 Å². The predicted molar refractivity (Wildman–Crippen MR) is 79.6 cm³/mol. The number of halogens is 1. The molecule has 1 aromatic carbocycles. The van der Waals surface area contributed by atoms with E-state index in [2.05, 4.69) is 4.98 Å². The molecule has 118 valence electrons. The number of nitrogens with zero attached hydrogens (tertiary/aromatic N) is 3. The standard InChI is InChI=1S/C15H19FN4O2/c1-2-20-11-5-3-4-10(16)14(11)18-13(20)8-19-6-7-22-9-12(19)15(17)21/h3-5,12H,2,6-9H2,1H3,(H2,17,21)/t12-/m1/s1. The Morgan fingerprint density at radius 3 is 3.09 bits per heavy atom. The Balaban J connectivity index is 1.96. The van der Waals surface area contributed by atoms with Gasteiger partial charge < -0.3 is 15.0 Å². The van der Waals surface area contributed by atoms with Gasteiger partial charge in [0.1, 0.15) is 17.4 Å². The Bertz CT molecular complexity index is 700. The van der Waals surface area contributed by atoms with Crippen LogP contribution in [0.1, 0.15) is 12.7 Å². The first-order valence-corrected chi connectivity index (χ1v) is 7.36. The van der Waals surface area contributed by atoms with Crippen molar-refractivity contribution in [3.05, 3.63) is 29.8 Å². The molecule has 0 aliphatic carbocycles. The molecule has 1 fully saturated rings. The van der Waals surface area contributed by atoms with Crippen molar-refractivity contribution in [2.24, 2.45) is 5.73 Å². The van der Waals surface area contributed by atoms with Gasteiger partial charge >= 0.3 is 0 Å². The van der Waals surface area contributed by atoms with Gasteiger partial charge in [0.25, 0.3) is 0 Å². The number of amides is 1. The van der Waals surface area contributed by atoms with E-state index in [1.807, 2.05) is 22.5 Å². The second-order valence-electron chi connectivity index (χ2n) is 5.34. The van der Waals surface area contributed by atoms with E-state index in [1.165, 1.54) is 6.07 Å². The molecular formula is C15H19FN4O2. The highest BCUT2D eigenvalue weighted by molar-refractivity contribution is 5.80. The number of para-hydroxylation sites is 1. The lowest BCUT2D eigenvalue weighted by molar-refractivity contribution is -0.129. The van der Waals surface area contributed by atoms with Crippen molar-refractivity contribution in [1.29, 1.82) is 0 Å². The van der Waals surface area contributed by atoms with Crippen LogP contribution in [0.3, 0.4) is 0 Å². The average Bonchev–Trinajstić information content (AvgIpc) is 2.86. The summed E-state index contributed by atoms with van der Waals surface area (Å²) >= 11 is 0. The topological polar surface area (TPSA) is 73.4 Å². The van der Waals surface area contributed by atoms with E-state index in [4.69, 9.17) is 10.5 Å². The van der Waals surface area contributed by atoms with Crippen LogP contribution in [-0.2, 0) is 22.6 Å². The fourth-order valence-electron chi connectivity index (χ4n) is 2.91. The van der Waals surface area contributed by atoms with Gasteiger partial charge in [0, 0.05) is 13.1 Å². The molecule has 1 aliphatic heterocycles. The van der Waals surface area contributed by atoms with Crippen LogP contribution in [0.4, 0.5) is 4.39 Å². The number of primary amides is 1. The Morgan fingerprint density at radius 2 is 2.36 bits per heavy atom. The van der Waals surface area contributed by atoms with Gasteiger partial charge in [0.2, 0.25) is 5.91 Å². The summed E-state index contributed by atoms with van der Waals surface area (Å²) in [5.41, 5.74) is 6.56. The molecule has 2 N–H and O–H groups in total. The van der Waals surface area contributed by atoms with E-state index in [-0.39, 0.29) is 12.4 Å². The summed E-state index contributed by atoms with van der Waals surface area (Å²) in [5, 5.41) is 0. The molecule has 0 bridgehead atoms. The van der Waals surface area contributed by atoms with Gasteiger partial charge in [0.05, 0.1) is 25.3 Å². The summed E-state index contributed by atoms with van der Waals surface area (Å²) in [7, 11) is 0. The van der Waals surface area contributed by atoms with Crippen LogP contribution in [0.25, 0.3) is 11.0 Å². The quantitative estimate of drug-likeness (QED) is 0.910. The number of fused-ring (bicyclic) bond motifs is 1. The Morgan fingerprint density at radius 1 is 1.55 bits per heavy atom. The van der Waals surface area contributed by atoms with Crippen molar-refractivity contribution in [2.75, 3.05) is 19.8 Å². The molecule has 0 saturated carbocycles. The lowest BCUT2D eigenvalue weighted by Crippen LogP contribution is -2.52. The number of morpholine rings is 1. The second-order valence-corrected chi connectivity index (χ2v) is 5.34. The zero-order chi connectivity index (χ0) is 15.7. The first kappa shape index (κ1) is 14.9. The first-order chi connectivity index (χ1) is 10.6. The number of ether oxygens (including phenoxy) is 1. The average molecular weight is 306 g/mol. The summed E-state index contributed by atoms with van der Waals surface area (Å²) in [5.74, 6) is -0.0137. The number of aryl methyl sites for hydroxylation is 1. The third-order valence-corrected chi connectivity index (χ3v) is 4.04. The van der Waals surface area contributed by atoms with Crippen molar-refractivity contribution in [3.8, 4) is 0 Å². The molecule has 0 radical (unpaired) electrons. The maximum Gasteiger partial charge on any atom is 0.237 e. The van der Waals surface area contributed by atoms with Gasteiger partial charge in [-0.15, -0.1) is 0 Å². The van der Waals surface area contributed by atoms with Crippen LogP contribution in [0.2, 0.25) is 0 Å². The smallest absolute Gasteiger partial charge is 0.237 e. The summed E-state index contributed by atoms with van der Waals surface area (Å²) < 4.78 is 21.2. The molecule has 0 spiro atoms. The van der Waals surface area contributed by atoms with Gasteiger partial charge in [0.15, 0.2) is 5.82 Å². The fraction of sp³-hybridized carbons (Fsp3) is 0.467. The zero-order valence-corrected chi connectivity index (χ0v) is 12.5. The third-order valence-electron chi connectivity index (χ3n) is 4.04.